The van der Waals surface area contributed by atoms with Crippen molar-refractivity contribution in [1.29, 1.82) is 0 Å². The van der Waals surface area contributed by atoms with Crippen molar-refractivity contribution in [3.63, 3.8) is 0 Å². The molecule has 4 rings (SSSR count). The molecule has 0 atom stereocenters. The van der Waals surface area contributed by atoms with Crippen molar-refractivity contribution >= 4 is 11.6 Å². The number of pyridine rings is 2. The second-order valence-electron chi connectivity index (χ2n) is 8.13. The van der Waals surface area contributed by atoms with Crippen LogP contribution in [0.2, 0.25) is 0 Å². The minimum absolute atomic E-state index is 0.0128. The van der Waals surface area contributed by atoms with Crippen LogP contribution in [0.3, 0.4) is 0 Å². The number of benzene rings is 1. The second kappa shape index (κ2) is 8.86. The van der Waals surface area contributed by atoms with Gasteiger partial charge in [0.2, 0.25) is 5.91 Å². The highest BCUT2D eigenvalue weighted by Gasteiger charge is 2.27. The van der Waals surface area contributed by atoms with Crippen molar-refractivity contribution in [3.05, 3.63) is 70.9 Å². The molecule has 0 N–H and O–H groups in total. The molecule has 31 heavy (non-hydrogen) atoms. The number of hydrogen-bond donors (Lipinski definition) is 0. The first-order chi connectivity index (χ1) is 15.0. The van der Waals surface area contributed by atoms with Crippen LogP contribution in [0.25, 0.3) is 22.3 Å². The summed E-state index contributed by atoms with van der Waals surface area (Å²) in [5.74, 6) is 0.131. The van der Waals surface area contributed by atoms with Crippen molar-refractivity contribution in [2.75, 3.05) is 25.2 Å². The number of anilines is 1. The number of carbonyl (C=O) groups excluding carboxylic acids is 1. The Morgan fingerprint density at radius 2 is 1.74 bits per heavy atom. The van der Waals surface area contributed by atoms with Crippen molar-refractivity contribution in [2.45, 2.75) is 32.7 Å². The van der Waals surface area contributed by atoms with E-state index in [4.69, 9.17) is 4.74 Å². The van der Waals surface area contributed by atoms with E-state index in [0.717, 1.165) is 39.9 Å². The van der Waals surface area contributed by atoms with Crippen LogP contribution in [0.5, 0.6) is 0 Å². The molecule has 0 aliphatic carbocycles. The van der Waals surface area contributed by atoms with Gasteiger partial charge in [0.25, 0.3) is 5.56 Å². The van der Waals surface area contributed by atoms with Gasteiger partial charge in [-0.15, -0.1) is 0 Å². The molecule has 0 radical (unpaired) electrons. The van der Waals surface area contributed by atoms with Crippen LogP contribution in [0, 0.1) is 0 Å². The Morgan fingerprint density at radius 3 is 2.48 bits per heavy atom. The third-order valence-corrected chi connectivity index (χ3v) is 5.64. The van der Waals surface area contributed by atoms with E-state index < -0.39 is 0 Å². The van der Waals surface area contributed by atoms with Crippen molar-refractivity contribution in [1.82, 2.24) is 9.55 Å². The lowest BCUT2D eigenvalue weighted by Crippen LogP contribution is -2.28. The average Bonchev–Trinajstić information content (AvgIpc) is 3.08. The first kappa shape index (κ1) is 21.0. The Labute approximate surface area is 182 Å². The van der Waals surface area contributed by atoms with Crippen LogP contribution in [-0.4, -0.2) is 35.7 Å². The van der Waals surface area contributed by atoms with E-state index in [-0.39, 0.29) is 17.5 Å². The van der Waals surface area contributed by atoms with Gasteiger partial charge in [-0.25, -0.2) is 0 Å². The van der Waals surface area contributed by atoms with E-state index >= 15 is 0 Å². The minimum atomic E-state index is -0.0128. The molecule has 160 valence electrons. The third-order valence-electron chi connectivity index (χ3n) is 5.64. The standard InChI is InChI=1S/C25H27N3O3/c1-17(2)28-16-19(6-8-24(28)29)22-12-21(14-26-15-22)18-5-7-23-20(11-18)13-25(30)27(23)9-4-10-31-3/h5-8,11-12,14-17H,4,9-10,13H2,1-3H3. The van der Waals surface area contributed by atoms with Crippen LogP contribution in [0.15, 0.2) is 59.8 Å². The molecule has 0 bridgehead atoms. The molecule has 6 heteroatoms. The monoisotopic (exact) mass is 417 g/mol. The molecule has 0 spiro atoms. The Bertz CT molecular complexity index is 1170. The van der Waals surface area contributed by atoms with Gasteiger partial charge in [-0.1, -0.05) is 6.07 Å². The fourth-order valence-electron chi connectivity index (χ4n) is 4.01. The van der Waals surface area contributed by atoms with Crippen molar-refractivity contribution in [3.8, 4) is 22.3 Å². The van der Waals surface area contributed by atoms with Crippen molar-refractivity contribution in [2.24, 2.45) is 0 Å². The molecule has 0 unspecified atom stereocenters. The maximum absolute atomic E-state index is 12.5. The van der Waals surface area contributed by atoms with Crippen LogP contribution < -0.4 is 10.5 Å². The maximum atomic E-state index is 12.5. The number of nitrogens with zero attached hydrogens (tertiary/aromatic N) is 3. The molecule has 0 fully saturated rings. The van der Waals surface area contributed by atoms with Gasteiger partial charge in [-0.2, -0.15) is 0 Å². The SMILES string of the molecule is COCCCN1C(=O)Cc2cc(-c3cncc(-c4ccc(=O)n(C(C)C)c4)c3)ccc21. The third kappa shape index (κ3) is 4.30. The van der Waals surface area contributed by atoms with Crippen LogP contribution in [0.1, 0.15) is 31.9 Å². The number of methoxy groups -OCH3 is 1. The number of aromatic nitrogens is 2. The van der Waals surface area contributed by atoms with Gasteiger partial charge >= 0.3 is 0 Å². The lowest BCUT2D eigenvalue weighted by atomic mass is 10.00. The van der Waals surface area contributed by atoms with Crippen LogP contribution in [-0.2, 0) is 16.0 Å². The summed E-state index contributed by atoms with van der Waals surface area (Å²) >= 11 is 0. The Balaban J connectivity index is 1.64. The van der Waals surface area contributed by atoms with E-state index in [1.807, 2.05) is 55.5 Å². The minimum Gasteiger partial charge on any atom is -0.385 e. The molecule has 1 aromatic carbocycles. The zero-order chi connectivity index (χ0) is 22.0. The maximum Gasteiger partial charge on any atom is 0.250 e. The number of fused-ring (bicyclic) bond motifs is 1. The molecule has 2 aromatic heterocycles. The normalized spacial score (nSPS) is 13.2. The van der Waals surface area contributed by atoms with E-state index in [1.54, 1.807) is 17.7 Å². The number of amides is 1. The Hall–Kier alpha value is -3.25. The molecule has 1 amide bonds. The summed E-state index contributed by atoms with van der Waals surface area (Å²) < 4.78 is 6.84. The number of rotatable bonds is 7. The summed E-state index contributed by atoms with van der Waals surface area (Å²) in [5, 5.41) is 0. The van der Waals surface area contributed by atoms with E-state index in [0.29, 0.717) is 19.6 Å². The zero-order valence-electron chi connectivity index (χ0n) is 18.2. The lowest BCUT2D eigenvalue weighted by molar-refractivity contribution is -0.117. The van der Waals surface area contributed by atoms with E-state index in [2.05, 4.69) is 17.1 Å². The van der Waals surface area contributed by atoms with Gasteiger partial charge in [-0.3, -0.25) is 14.6 Å². The molecule has 3 aromatic rings. The lowest BCUT2D eigenvalue weighted by Gasteiger charge is -2.17. The van der Waals surface area contributed by atoms with Gasteiger partial charge in [0.1, 0.15) is 0 Å². The smallest absolute Gasteiger partial charge is 0.250 e. The van der Waals surface area contributed by atoms with E-state index in [9.17, 15) is 9.59 Å². The van der Waals surface area contributed by atoms with Gasteiger partial charge in [0.05, 0.1) is 6.42 Å². The fraction of sp³-hybridized carbons (Fsp3) is 0.320. The zero-order valence-corrected chi connectivity index (χ0v) is 18.2. The fourth-order valence-corrected chi connectivity index (χ4v) is 4.01. The van der Waals surface area contributed by atoms with Crippen molar-refractivity contribution < 1.29 is 9.53 Å². The highest BCUT2D eigenvalue weighted by atomic mass is 16.5. The number of hydrogen-bond acceptors (Lipinski definition) is 4. The van der Waals surface area contributed by atoms with Gasteiger partial charge in [0.15, 0.2) is 0 Å². The van der Waals surface area contributed by atoms with Gasteiger partial charge in [-0.05, 0) is 61.2 Å². The second-order valence-corrected chi connectivity index (χ2v) is 8.13. The first-order valence-corrected chi connectivity index (χ1v) is 10.6. The number of carbonyl (C=O) groups is 1. The van der Waals surface area contributed by atoms with E-state index in [1.165, 1.54) is 0 Å². The molecule has 6 nitrogen and oxygen atoms in total. The predicted molar refractivity (Wildman–Crippen MR) is 122 cm³/mol. The highest BCUT2D eigenvalue weighted by Crippen LogP contribution is 2.34. The molecular weight excluding hydrogens is 390 g/mol. The molecule has 1 aliphatic rings. The van der Waals surface area contributed by atoms with Crippen LogP contribution in [0.4, 0.5) is 5.69 Å². The molecular formula is C25H27N3O3. The molecule has 0 saturated heterocycles. The summed E-state index contributed by atoms with van der Waals surface area (Å²) in [5.41, 5.74) is 5.91. The largest absolute Gasteiger partial charge is 0.385 e. The summed E-state index contributed by atoms with van der Waals surface area (Å²) in [6.45, 7) is 5.29. The number of ether oxygens (including phenoxy) is 1. The first-order valence-electron chi connectivity index (χ1n) is 10.6. The predicted octanol–water partition coefficient (Wildman–Crippen LogP) is 4.08. The molecule has 0 saturated carbocycles. The Morgan fingerprint density at radius 1 is 1.00 bits per heavy atom. The Kier molecular flexibility index (Phi) is 6.00. The van der Waals surface area contributed by atoms with Crippen LogP contribution >= 0.6 is 0 Å². The highest BCUT2D eigenvalue weighted by molar-refractivity contribution is 6.02. The summed E-state index contributed by atoms with van der Waals surface area (Å²) in [4.78, 5) is 30.8. The quantitative estimate of drug-likeness (QED) is 0.543. The average molecular weight is 418 g/mol. The van der Waals surface area contributed by atoms with Gasteiger partial charge < -0.3 is 14.2 Å². The summed E-state index contributed by atoms with van der Waals surface area (Å²) in [7, 11) is 1.67. The summed E-state index contributed by atoms with van der Waals surface area (Å²) in [6.07, 6.45) is 6.75. The summed E-state index contributed by atoms with van der Waals surface area (Å²) in [6, 6.07) is 11.7. The molecule has 3 heterocycles. The van der Waals surface area contributed by atoms with Gasteiger partial charge in [0, 0.05) is 67.8 Å². The molecule has 1 aliphatic heterocycles. The topological polar surface area (TPSA) is 64.4 Å².